The first-order valence-electron chi connectivity index (χ1n) is 8.28. The van der Waals surface area contributed by atoms with E-state index in [0.29, 0.717) is 17.4 Å². The van der Waals surface area contributed by atoms with Crippen molar-refractivity contribution in [1.82, 2.24) is 0 Å². The number of non-ortho nitro benzene ring substituents is 1. The maximum absolute atomic E-state index is 11.2. The molecule has 0 aromatic heterocycles. The van der Waals surface area contributed by atoms with Gasteiger partial charge in [-0.2, -0.15) is 0 Å². The highest BCUT2D eigenvalue weighted by atomic mass is 16.6. The van der Waals surface area contributed by atoms with Crippen molar-refractivity contribution in [2.24, 2.45) is 35.5 Å². The average molecular weight is 328 g/mol. The molecule has 3 saturated carbocycles. The summed E-state index contributed by atoms with van der Waals surface area (Å²) in [7, 11) is 0. The monoisotopic (exact) mass is 328 g/mol. The normalized spacial score (nSPS) is 39.9. The number of rotatable bonds is 5. The number of hydrogen-bond acceptors (Lipinski definition) is 5. The first-order valence-corrected chi connectivity index (χ1v) is 8.28. The largest absolute Gasteiger partial charge is 0.373 e. The Morgan fingerprint density at radius 1 is 1.04 bits per heavy atom. The summed E-state index contributed by atoms with van der Waals surface area (Å²) in [6, 6.07) is 3.75. The average Bonchev–Trinajstić information content (AvgIpc) is 2.81. The summed E-state index contributed by atoms with van der Waals surface area (Å²) in [5, 5.41) is 22.0. The van der Waals surface area contributed by atoms with Gasteiger partial charge in [0.25, 0.3) is 11.4 Å². The van der Waals surface area contributed by atoms with E-state index in [1.165, 1.54) is 12.1 Å². The Morgan fingerprint density at radius 3 is 2.58 bits per heavy atom. The summed E-state index contributed by atoms with van der Waals surface area (Å²) in [5.74, 6) is 4.28. The highest BCUT2D eigenvalue weighted by Crippen LogP contribution is 2.75. The van der Waals surface area contributed by atoms with Gasteiger partial charge in [0, 0.05) is 6.07 Å². The molecule has 1 aromatic carbocycles. The number of allylic oxidation sites excluding steroid dienone is 2. The molecule has 0 unspecified atom stereocenters. The van der Waals surface area contributed by atoms with E-state index in [9.17, 15) is 20.2 Å². The smallest absolute Gasteiger partial charge is 0.281 e. The standard InChI is InChI=1S/C17H16N2O5/c20-18(21)9-2-1-8(13(5-9)19(22)23)7-24-14-6-12-10-3-4-11-15(10)17(12)16(11)14/h1-5,10-12,14-17H,6-7H2/t10-,11+,12+,14-,15+,16-,17+/m0/s1. The fraction of sp³-hybridized carbons (Fsp3) is 0.529. The second-order valence-corrected chi connectivity index (χ2v) is 7.35. The van der Waals surface area contributed by atoms with Crippen LogP contribution in [0.5, 0.6) is 0 Å². The van der Waals surface area contributed by atoms with Crippen molar-refractivity contribution in [2.75, 3.05) is 0 Å². The summed E-state index contributed by atoms with van der Waals surface area (Å²) < 4.78 is 6.06. The topological polar surface area (TPSA) is 95.5 Å². The summed E-state index contributed by atoms with van der Waals surface area (Å²) in [5.41, 5.74) is -0.104. The van der Waals surface area contributed by atoms with Gasteiger partial charge in [-0.15, -0.1) is 0 Å². The number of nitro groups is 2. The second-order valence-electron chi connectivity index (χ2n) is 7.35. The molecule has 1 aromatic rings. The van der Waals surface area contributed by atoms with Gasteiger partial charge in [0.1, 0.15) is 0 Å². The number of fused-ring (bicyclic) bond motifs is 2. The van der Waals surface area contributed by atoms with Gasteiger partial charge in [-0.25, -0.2) is 0 Å². The zero-order chi connectivity index (χ0) is 16.6. The molecule has 24 heavy (non-hydrogen) atoms. The Balaban J connectivity index is 1.33. The van der Waals surface area contributed by atoms with Crippen molar-refractivity contribution in [3.63, 3.8) is 0 Å². The Kier molecular flexibility index (Phi) is 2.72. The van der Waals surface area contributed by atoms with E-state index >= 15 is 0 Å². The molecule has 0 bridgehead atoms. The van der Waals surface area contributed by atoms with Crippen LogP contribution in [0.15, 0.2) is 30.4 Å². The summed E-state index contributed by atoms with van der Waals surface area (Å²) in [6.45, 7) is 0.140. The van der Waals surface area contributed by atoms with Gasteiger partial charge in [0.15, 0.2) is 0 Å². The number of hydrogen-bond donors (Lipinski definition) is 0. The molecule has 7 heteroatoms. The van der Waals surface area contributed by atoms with E-state index in [4.69, 9.17) is 4.74 Å². The highest BCUT2D eigenvalue weighted by molar-refractivity contribution is 5.48. The van der Waals surface area contributed by atoms with Gasteiger partial charge in [0.05, 0.1) is 34.2 Å². The van der Waals surface area contributed by atoms with E-state index < -0.39 is 9.85 Å². The predicted molar refractivity (Wildman–Crippen MR) is 83.0 cm³/mol. The number of benzene rings is 1. The van der Waals surface area contributed by atoms with Crippen molar-refractivity contribution >= 4 is 11.4 Å². The zero-order valence-electron chi connectivity index (χ0n) is 12.8. The van der Waals surface area contributed by atoms with Gasteiger partial charge in [-0.3, -0.25) is 20.2 Å². The Hall–Kier alpha value is -2.28. The van der Waals surface area contributed by atoms with Crippen molar-refractivity contribution in [3.8, 4) is 0 Å². The quantitative estimate of drug-likeness (QED) is 0.470. The van der Waals surface area contributed by atoms with Crippen LogP contribution in [0.3, 0.4) is 0 Å². The molecule has 0 saturated heterocycles. The Labute approximate surface area is 137 Å². The minimum absolute atomic E-state index is 0.140. The first-order chi connectivity index (χ1) is 11.6. The van der Waals surface area contributed by atoms with Gasteiger partial charge in [-0.05, 0) is 48.0 Å². The summed E-state index contributed by atoms with van der Waals surface area (Å²) in [4.78, 5) is 20.8. The molecule has 0 spiro atoms. The Morgan fingerprint density at radius 2 is 1.83 bits per heavy atom. The molecule has 4 aliphatic rings. The molecular formula is C17H16N2O5. The van der Waals surface area contributed by atoms with Gasteiger partial charge < -0.3 is 4.74 Å². The minimum atomic E-state index is -0.621. The minimum Gasteiger partial charge on any atom is -0.373 e. The molecule has 0 N–H and O–H groups in total. The van der Waals surface area contributed by atoms with Crippen LogP contribution in [0.4, 0.5) is 11.4 Å². The van der Waals surface area contributed by atoms with Crippen LogP contribution < -0.4 is 0 Å². The molecule has 0 heterocycles. The van der Waals surface area contributed by atoms with Gasteiger partial charge >= 0.3 is 0 Å². The van der Waals surface area contributed by atoms with Gasteiger partial charge in [-0.1, -0.05) is 12.2 Å². The molecule has 7 atom stereocenters. The lowest BCUT2D eigenvalue weighted by Gasteiger charge is -2.60. The fourth-order valence-corrected chi connectivity index (χ4v) is 5.71. The van der Waals surface area contributed by atoms with E-state index in [1.807, 2.05) is 0 Å². The lowest BCUT2D eigenvalue weighted by atomic mass is 9.44. The highest BCUT2D eigenvalue weighted by Gasteiger charge is 2.72. The zero-order valence-corrected chi connectivity index (χ0v) is 12.8. The molecule has 4 aliphatic carbocycles. The van der Waals surface area contributed by atoms with Gasteiger partial charge in [0.2, 0.25) is 0 Å². The molecule has 0 amide bonds. The molecule has 7 nitrogen and oxygen atoms in total. The lowest BCUT2D eigenvalue weighted by Crippen LogP contribution is -2.57. The van der Waals surface area contributed by atoms with Crippen molar-refractivity contribution in [1.29, 1.82) is 0 Å². The van der Waals surface area contributed by atoms with E-state index in [0.717, 1.165) is 36.2 Å². The lowest BCUT2D eigenvalue weighted by molar-refractivity contribution is -0.394. The second kappa shape index (κ2) is 4.63. The van der Waals surface area contributed by atoms with E-state index in [-0.39, 0.29) is 24.1 Å². The number of nitro benzene ring substituents is 2. The predicted octanol–water partition coefficient (Wildman–Crippen LogP) is 3.09. The molecule has 0 aliphatic heterocycles. The van der Waals surface area contributed by atoms with Crippen LogP contribution in [0.1, 0.15) is 12.0 Å². The summed E-state index contributed by atoms with van der Waals surface area (Å²) in [6.07, 6.45) is 5.90. The van der Waals surface area contributed by atoms with Crippen LogP contribution in [0.25, 0.3) is 0 Å². The van der Waals surface area contributed by atoms with E-state index in [1.54, 1.807) is 0 Å². The molecule has 0 radical (unpaired) electrons. The van der Waals surface area contributed by atoms with E-state index in [2.05, 4.69) is 12.2 Å². The van der Waals surface area contributed by atoms with Crippen LogP contribution in [0, 0.1) is 55.7 Å². The molecule has 5 rings (SSSR count). The third kappa shape index (κ3) is 1.65. The summed E-state index contributed by atoms with van der Waals surface area (Å²) >= 11 is 0. The van der Waals surface area contributed by atoms with Crippen LogP contribution in [-0.2, 0) is 11.3 Å². The maximum atomic E-state index is 11.2. The van der Waals surface area contributed by atoms with Crippen molar-refractivity contribution in [3.05, 3.63) is 56.1 Å². The maximum Gasteiger partial charge on any atom is 0.281 e. The molecular weight excluding hydrogens is 312 g/mol. The molecule has 124 valence electrons. The third-order valence-corrected chi connectivity index (χ3v) is 6.63. The third-order valence-electron chi connectivity index (χ3n) is 6.63. The van der Waals surface area contributed by atoms with Crippen LogP contribution in [-0.4, -0.2) is 16.0 Å². The molecule has 3 fully saturated rings. The number of nitrogens with zero attached hydrogens (tertiary/aromatic N) is 2. The van der Waals surface area contributed by atoms with Crippen LogP contribution >= 0.6 is 0 Å². The van der Waals surface area contributed by atoms with Crippen molar-refractivity contribution < 1.29 is 14.6 Å². The van der Waals surface area contributed by atoms with Crippen LogP contribution in [0.2, 0.25) is 0 Å². The first kappa shape index (κ1) is 14.1. The fourth-order valence-electron chi connectivity index (χ4n) is 5.71. The van der Waals surface area contributed by atoms with Crippen molar-refractivity contribution in [2.45, 2.75) is 19.1 Å². The Bertz CT molecular complexity index is 791. The SMILES string of the molecule is O=[N+]([O-])c1ccc(CO[C@H]2C[C@@H]3[C@@H]4C=C[C@@H]5[C@@H]4[C@@H]3[C@@H]52)c([N+](=O)[O-])c1. The number of ether oxygens (including phenoxy) is 1.